The van der Waals surface area contributed by atoms with Crippen molar-refractivity contribution in [3.05, 3.63) is 63.6 Å². The summed E-state index contributed by atoms with van der Waals surface area (Å²) < 4.78 is 0.846. The predicted octanol–water partition coefficient (Wildman–Crippen LogP) is 3.68. The average Bonchev–Trinajstić information content (AvgIpc) is 2.40. The number of nitrogens with two attached hydrogens (primary N) is 1. The van der Waals surface area contributed by atoms with Crippen molar-refractivity contribution in [1.29, 1.82) is 5.41 Å². The van der Waals surface area contributed by atoms with Gasteiger partial charge in [0.15, 0.2) is 0 Å². The first-order chi connectivity index (χ1) is 9.49. The number of aryl methyl sites for hydroxylation is 1. The van der Waals surface area contributed by atoms with E-state index in [1.54, 1.807) is 0 Å². The minimum Gasteiger partial charge on any atom is -0.384 e. The van der Waals surface area contributed by atoms with Crippen LogP contribution in [0.1, 0.15) is 16.7 Å². The molecule has 3 N–H and O–H groups in total. The number of halogens is 1. The predicted molar refractivity (Wildman–Crippen MR) is 88.4 cm³/mol. The Bertz CT molecular complexity index is 620. The average molecular weight is 332 g/mol. The van der Waals surface area contributed by atoms with Crippen molar-refractivity contribution in [2.24, 2.45) is 5.73 Å². The number of nitrogen functional groups attached to an aromatic ring is 1. The summed E-state index contributed by atoms with van der Waals surface area (Å²) in [5.41, 5.74) is 9.86. The SMILES string of the molecule is Cc1ccc(CN(C)c2cccc(Br)c2C(=N)N)cc1. The van der Waals surface area contributed by atoms with E-state index in [0.717, 1.165) is 22.3 Å². The van der Waals surface area contributed by atoms with Crippen LogP contribution >= 0.6 is 15.9 Å². The molecule has 4 heteroatoms. The van der Waals surface area contributed by atoms with Gasteiger partial charge in [0.1, 0.15) is 5.84 Å². The lowest BCUT2D eigenvalue weighted by Crippen LogP contribution is -2.22. The molecule has 2 rings (SSSR count). The van der Waals surface area contributed by atoms with Gasteiger partial charge in [-0.2, -0.15) is 0 Å². The third-order valence-corrected chi connectivity index (χ3v) is 3.87. The van der Waals surface area contributed by atoms with Gasteiger partial charge in [-0.25, -0.2) is 0 Å². The van der Waals surface area contributed by atoms with Gasteiger partial charge in [-0.05, 0) is 40.5 Å². The Hall–Kier alpha value is -1.81. The molecule has 0 spiro atoms. The maximum absolute atomic E-state index is 7.74. The summed E-state index contributed by atoms with van der Waals surface area (Å²) in [4.78, 5) is 2.10. The summed E-state index contributed by atoms with van der Waals surface area (Å²) in [7, 11) is 2.01. The molecule has 0 fully saturated rings. The van der Waals surface area contributed by atoms with E-state index in [1.165, 1.54) is 11.1 Å². The molecule has 2 aromatic rings. The number of benzene rings is 2. The summed E-state index contributed by atoms with van der Waals surface area (Å²) in [5.74, 6) is 0.0724. The zero-order valence-electron chi connectivity index (χ0n) is 11.7. The molecule has 0 saturated carbocycles. The number of amidine groups is 1. The van der Waals surface area contributed by atoms with Gasteiger partial charge in [0.2, 0.25) is 0 Å². The standard InChI is InChI=1S/C16H18BrN3/c1-11-6-8-12(9-7-11)10-20(2)14-5-3-4-13(17)15(14)16(18)19/h3-9H,10H2,1-2H3,(H3,18,19). The van der Waals surface area contributed by atoms with Crippen LogP contribution in [0.2, 0.25) is 0 Å². The highest BCUT2D eigenvalue weighted by Gasteiger charge is 2.13. The molecule has 3 nitrogen and oxygen atoms in total. The molecule has 0 radical (unpaired) electrons. The van der Waals surface area contributed by atoms with E-state index in [1.807, 2.05) is 25.2 Å². The van der Waals surface area contributed by atoms with Gasteiger partial charge < -0.3 is 10.6 Å². The Kier molecular flexibility index (Phi) is 4.45. The second kappa shape index (κ2) is 6.09. The van der Waals surface area contributed by atoms with E-state index in [4.69, 9.17) is 11.1 Å². The first-order valence-electron chi connectivity index (χ1n) is 6.38. The Morgan fingerprint density at radius 2 is 1.85 bits per heavy atom. The Morgan fingerprint density at radius 3 is 2.45 bits per heavy atom. The van der Waals surface area contributed by atoms with E-state index in [0.29, 0.717) is 0 Å². The van der Waals surface area contributed by atoms with Crippen LogP contribution < -0.4 is 10.6 Å². The highest BCUT2D eigenvalue weighted by Crippen LogP contribution is 2.27. The fourth-order valence-corrected chi connectivity index (χ4v) is 2.72. The molecule has 20 heavy (non-hydrogen) atoms. The minimum atomic E-state index is 0.0724. The normalized spacial score (nSPS) is 10.3. The Labute approximate surface area is 128 Å². The second-order valence-electron chi connectivity index (χ2n) is 4.89. The molecule has 0 aliphatic carbocycles. The van der Waals surface area contributed by atoms with Crippen LogP contribution in [0.4, 0.5) is 5.69 Å². The fourth-order valence-electron chi connectivity index (χ4n) is 2.15. The van der Waals surface area contributed by atoms with Crippen molar-refractivity contribution in [2.75, 3.05) is 11.9 Å². The third-order valence-electron chi connectivity index (χ3n) is 3.21. The van der Waals surface area contributed by atoms with Gasteiger partial charge >= 0.3 is 0 Å². The fraction of sp³-hybridized carbons (Fsp3) is 0.188. The number of hydrogen-bond acceptors (Lipinski definition) is 2. The second-order valence-corrected chi connectivity index (χ2v) is 5.74. The van der Waals surface area contributed by atoms with Gasteiger partial charge in [-0.15, -0.1) is 0 Å². The number of nitrogens with one attached hydrogen (secondary N) is 1. The molecule has 0 unspecified atom stereocenters. The molecule has 0 aliphatic heterocycles. The van der Waals surface area contributed by atoms with Crippen molar-refractivity contribution in [1.82, 2.24) is 0 Å². The van der Waals surface area contributed by atoms with Gasteiger partial charge in [0.05, 0.1) is 5.56 Å². The quantitative estimate of drug-likeness (QED) is 0.663. The van der Waals surface area contributed by atoms with Crippen LogP contribution in [0, 0.1) is 12.3 Å². The summed E-state index contributed by atoms with van der Waals surface area (Å²) in [6.07, 6.45) is 0. The maximum Gasteiger partial charge on any atom is 0.126 e. The van der Waals surface area contributed by atoms with E-state index in [2.05, 4.69) is 52.0 Å². The molecular weight excluding hydrogens is 314 g/mol. The smallest absolute Gasteiger partial charge is 0.126 e. The summed E-state index contributed by atoms with van der Waals surface area (Å²) in [5, 5.41) is 7.74. The molecular formula is C16H18BrN3. The molecule has 0 saturated heterocycles. The van der Waals surface area contributed by atoms with E-state index in [9.17, 15) is 0 Å². The number of nitrogens with zero attached hydrogens (tertiary/aromatic N) is 1. The summed E-state index contributed by atoms with van der Waals surface area (Å²) in [6.45, 7) is 2.85. The summed E-state index contributed by atoms with van der Waals surface area (Å²) >= 11 is 3.46. The maximum atomic E-state index is 7.74. The van der Waals surface area contributed by atoms with Crippen LogP contribution in [0.3, 0.4) is 0 Å². The molecule has 0 aromatic heterocycles. The molecule has 0 aliphatic rings. The minimum absolute atomic E-state index is 0.0724. The zero-order valence-corrected chi connectivity index (χ0v) is 13.2. The summed E-state index contributed by atoms with van der Waals surface area (Å²) in [6, 6.07) is 14.3. The zero-order chi connectivity index (χ0) is 14.7. The molecule has 0 bridgehead atoms. The number of anilines is 1. The van der Waals surface area contributed by atoms with Crippen molar-refractivity contribution in [3.8, 4) is 0 Å². The lowest BCUT2D eigenvalue weighted by molar-refractivity contribution is 0.920. The molecule has 0 heterocycles. The van der Waals surface area contributed by atoms with Crippen LogP contribution in [0.15, 0.2) is 46.9 Å². The van der Waals surface area contributed by atoms with Crippen molar-refractivity contribution >= 4 is 27.5 Å². The van der Waals surface area contributed by atoms with Gasteiger partial charge in [0.25, 0.3) is 0 Å². The van der Waals surface area contributed by atoms with Crippen molar-refractivity contribution in [2.45, 2.75) is 13.5 Å². The van der Waals surface area contributed by atoms with Gasteiger partial charge in [-0.1, -0.05) is 35.9 Å². The van der Waals surface area contributed by atoms with Gasteiger partial charge in [-0.3, -0.25) is 5.41 Å². The molecule has 0 amide bonds. The first-order valence-corrected chi connectivity index (χ1v) is 7.18. The Morgan fingerprint density at radius 1 is 1.20 bits per heavy atom. The highest BCUT2D eigenvalue weighted by molar-refractivity contribution is 9.10. The largest absolute Gasteiger partial charge is 0.384 e. The van der Waals surface area contributed by atoms with Crippen LogP contribution in [0.25, 0.3) is 0 Å². The monoisotopic (exact) mass is 331 g/mol. The first kappa shape index (κ1) is 14.6. The highest BCUT2D eigenvalue weighted by atomic mass is 79.9. The van der Waals surface area contributed by atoms with Crippen LogP contribution in [0.5, 0.6) is 0 Å². The topological polar surface area (TPSA) is 53.1 Å². The number of hydrogen-bond donors (Lipinski definition) is 2. The Balaban J connectivity index is 2.29. The van der Waals surface area contributed by atoms with Crippen LogP contribution in [-0.2, 0) is 6.54 Å². The molecule has 0 atom stereocenters. The van der Waals surface area contributed by atoms with Crippen molar-refractivity contribution in [3.63, 3.8) is 0 Å². The third kappa shape index (κ3) is 3.20. The van der Waals surface area contributed by atoms with Crippen molar-refractivity contribution < 1.29 is 0 Å². The molecule has 104 valence electrons. The van der Waals surface area contributed by atoms with E-state index in [-0.39, 0.29) is 5.84 Å². The number of rotatable bonds is 4. The van der Waals surface area contributed by atoms with Crippen LogP contribution in [-0.4, -0.2) is 12.9 Å². The lowest BCUT2D eigenvalue weighted by atomic mass is 10.1. The van der Waals surface area contributed by atoms with Gasteiger partial charge in [0, 0.05) is 23.8 Å². The van der Waals surface area contributed by atoms with E-state index < -0.39 is 0 Å². The lowest BCUT2D eigenvalue weighted by Gasteiger charge is -2.23. The van der Waals surface area contributed by atoms with E-state index >= 15 is 0 Å². The molecule has 2 aromatic carbocycles.